The smallest absolute Gasteiger partial charge is 0.337 e. The van der Waals surface area contributed by atoms with Crippen molar-refractivity contribution in [3.63, 3.8) is 0 Å². The molecule has 0 saturated heterocycles. The topological polar surface area (TPSA) is 119 Å². The first-order valence-corrected chi connectivity index (χ1v) is 5.94. The van der Waals surface area contributed by atoms with Gasteiger partial charge in [-0.1, -0.05) is 0 Å². The first kappa shape index (κ1) is 14.4. The summed E-state index contributed by atoms with van der Waals surface area (Å²) in [4.78, 5) is 23.3. The van der Waals surface area contributed by atoms with Crippen LogP contribution in [-0.2, 0) is 7.05 Å². The van der Waals surface area contributed by atoms with Crippen LogP contribution < -0.4 is 15.8 Å². The third-order valence-electron chi connectivity index (χ3n) is 2.93. The Morgan fingerprint density at radius 3 is 2.62 bits per heavy atom. The Kier molecular flexibility index (Phi) is 3.79. The Morgan fingerprint density at radius 2 is 2.10 bits per heavy atom. The number of nitrogens with two attached hydrogens (primary N) is 1. The summed E-state index contributed by atoms with van der Waals surface area (Å²) in [5.74, 6) is -1.09. The van der Waals surface area contributed by atoms with E-state index in [0.717, 1.165) is 0 Å². The number of anilines is 2. The molecule has 0 aliphatic rings. The van der Waals surface area contributed by atoms with E-state index in [9.17, 15) is 9.59 Å². The van der Waals surface area contributed by atoms with Crippen LogP contribution in [0.5, 0.6) is 5.75 Å². The van der Waals surface area contributed by atoms with Crippen molar-refractivity contribution in [2.75, 3.05) is 18.2 Å². The second kappa shape index (κ2) is 5.53. The molecule has 2 aromatic rings. The number of aryl methyl sites for hydroxylation is 1. The van der Waals surface area contributed by atoms with Crippen molar-refractivity contribution in [1.29, 1.82) is 0 Å². The summed E-state index contributed by atoms with van der Waals surface area (Å²) in [6, 6.07) is 4.27. The zero-order valence-electron chi connectivity index (χ0n) is 11.5. The van der Waals surface area contributed by atoms with E-state index in [1.165, 1.54) is 36.2 Å². The van der Waals surface area contributed by atoms with Gasteiger partial charge in [0.2, 0.25) is 0 Å². The molecule has 8 heteroatoms. The monoisotopic (exact) mass is 290 g/mol. The van der Waals surface area contributed by atoms with Crippen molar-refractivity contribution in [2.24, 2.45) is 7.05 Å². The van der Waals surface area contributed by atoms with E-state index in [1.54, 1.807) is 7.05 Å². The number of amides is 1. The van der Waals surface area contributed by atoms with Gasteiger partial charge in [-0.05, 0) is 12.1 Å². The molecule has 110 valence electrons. The number of carbonyl (C=O) groups excluding carboxylic acids is 1. The fourth-order valence-corrected chi connectivity index (χ4v) is 1.75. The van der Waals surface area contributed by atoms with Gasteiger partial charge in [0.15, 0.2) is 0 Å². The number of hydrogen-bond acceptors (Lipinski definition) is 5. The average molecular weight is 290 g/mol. The molecule has 0 saturated carbocycles. The Morgan fingerprint density at radius 1 is 1.38 bits per heavy atom. The maximum absolute atomic E-state index is 12.1. The zero-order valence-corrected chi connectivity index (χ0v) is 11.5. The van der Waals surface area contributed by atoms with Crippen LogP contribution in [-0.4, -0.2) is 33.9 Å². The van der Waals surface area contributed by atoms with Crippen LogP contribution in [0.4, 0.5) is 11.5 Å². The van der Waals surface area contributed by atoms with Crippen LogP contribution in [0.3, 0.4) is 0 Å². The highest BCUT2D eigenvalue weighted by Gasteiger charge is 2.18. The number of nitrogens with zero attached hydrogens (tertiary/aromatic N) is 2. The Bertz CT molecular complexity index is 708. The van der Waals surface area contributed by atoms with Crippen molar-refractivity contribution in [3.8, 4) is 5.75 Å². The molecule has 1 amide bonds. The van der Waals surface area contributed by atoms with Crippen LogP contribution in [0.15, 0.2) is 24.4 Å². The lowest BCUT2D eigenvalue weighted by molar-refractivity contribution is 0.0698. The van der Waals surface area contributed by atoms with Crippen LogP contribution in [0.25, 0.3) is 0 Å². The van der Waals surface area contributed by atoms with E-state index in [1.807, 2.05) is 0 Å². The number of rotatable bonds is 4. The Hall–Kier alpha value is -3.03. The third-order valence-corrected chi connectivity index (χ3v) is 2.93. The van der Waals surface area contributed by atoms with E-state index in [-0.39, 0.29) is 22.6 Å². The molecule has 0 bridgehead atoms. The highest BCUT2D eigenvalue weighted by Crippen LogP contribution is 2.24. The summed E-state index contributed by atoms with van der Waals surface area (Å²) in [5, 5.41) is 15.5. The summed E-state index contributed by atoms with van der Waals surface area (Å²) < 4.78 is 6.37. The van der Waals surface area contributed by atoms with Crippen molar-refractivity contribution in [2.45, 2.75) is 0 Å². The van der Waals surface area contributed by atoms with E-state index in [4.69, 9.17) is 15.6 Å². The zero-order chi connectivity index (χ0) is 15.6. The fraction of sp³-hybridized carbons (Fsp3) is 0.154. The predicted molar refractivity (Wildman–Crippen MR) is 75.5 cm³/mol. The van der Waals surface area contributed by atoms with Gasteiger partial charge in [-0.3, -0.25) is 9.48 Å². The van der Waals surface area contributed by atoms with Crippen molar-refractivity contribution in [3.05, 3.63) is 35.5 Å². The van der Waals surface area contributed by atoms with Gasteiger partial charge in [0, 0.05) is 13.1 Å². The SMILES string of the molecule is COc1ccc(C(=O)O)c(NC(=O)c2cnn(C)c2N)c1. The first-order valence-electron chi connectivity index (χ1n) is 5.94. The molecule has 0 aliphatic heterocycles. The number of benzene rings is 1. The number of carboxylic acids is 1. The highest BCUT2D eigenvalue weighted by atomic mass is 16.5. The molecular weight excluding hydrogens is 276 g/mol. The van der Waals surface area contributed by atoms with Crippen molar-refractivity contribution in [1.82, 2.24) is 9.78 Å². The quantitative estimate of drug-likeness (QED) is 0.771. The molecule has 0 aliphatic carbocycles. The largest absolute Gasteiger partial charge is 0.497 e. The maximum Gasteiger partial charge on any atom is 0.337 e. The fourth-order valence-electron chi connectivity index (χ4n) is 1.75. The normalized spacial score (nSPS) is 10.2. The molecule has 2 rings (SSSR count). The minimum atomic E-state index is -1.16. The van der Waals surface area contributed by atoms with E-state index in [2.05, 4.69) is 10.4 Å². The molecule has 4 N–H and O–H groups in total. The summed E-state index contributed by atoms with van der Waals surface area (Å²) in [6.07, 6.45) is 1.31. The molecule has 0 spiro atoms. The first-order chi connectivity index (χ1) is 9.93. The Labute approximate surface area is 120 Å². The number of aromatic nitrogens is 2. The number of hydrogen-bond donors (Lipinski definition) is 3. The number of methoxy groups -OCH3 is 1. The molecular formula is C13H14N4O4. The third kappa shape index (κ3) is 2.78. The van der Waals surface area contributed by atoms with Gasteiger partial charge in [0.05, 0.1) is 24.6 Å². The molecule has 1 aromatic carbocycles. The second-order valence-electron chi connectivity index (χ2n) is 4.24. The molecule has 21 heavy (non-hydrogen) atoms. The van der Waals surface area contributed by atoms with E-state index in [0.29, 0.717) is 5.75 Å². The molecule has 0 unspecified atom stereocenters. The molecule has 0 fully saturated rings. The van der Waals surface area contributed by atoms with Crippen LogP contribution >= 0.6 is 0 Å². The lowest BCUT2D eigenvalue weighted by atomic mass is 10.1. The minimum Gasteiger partial charge on any atom is -0.497 e. The summed E-state index contributed by atoms with van der Waals surface area (Å²) in [6.45, 7) is 0. The number of nitrogens with one attached hydrogen (secondary N) is 1. The summed E-state index contributed by atoms with van der Waals surface area (Å²) >= 11 is 0. The number of carbonyl (C=O) groups is 2. The molecule has 1 aromatic heterocycles. The molecule has 1 heterocycles. The average Bonchev–Trinajstić information content (AvgIpc) is 2.78. The summed E-state index contributed by atoms with van der Waals surface area (Å²) in [7, 11) is 3.04. The number of aromatic carboxylic acids is 1. The van der Waals surface area contributed by atoms with E-state index >= 15 is 0 Å². The molecule has 8 nitrogen and oxygen atoms in total. The number of nitrogen functional groups attached to an aromatic ring is 1. The maximum atomic E-state index is 12.1. The van der Waals surface area contributed by atoms with Gasteiger partial charge in [0.1, 0.15) is 17.1 Å². The highest BCUT2D eigenvalue weighted by molar-refractivity contribution is 6.09. The van der Waals surface area contributed by atoms with Gasteiger partial charge in [-0.15, -0.1) is 0 Å². The van der Waals surface area contributed by atoms with Crippen LogP contribution in [0.1, 0.15) is 20.7 Å². The Balaban J connectivity index is 2.36. The molecule has 0 atom stereocenters. The van der Waals surface area contributed by atoms with E-state index < -0.39 is 11.9 Å². The van der Waals surface area contributed by atoms with Crippen LogP contribution in [0.2, 0.25) is 0 Å². The second-order valence-corrected chi connectivity index (χ2v) is 4.24. The lowest BCUT2D eigenvalue weighted by Crippen LogP contribution is -2.16. The lowest BCUT2D eigenvalue weighted by Gasteiger charge is -2.10. The summed E-state index contributed by atoms with van der Waals surface area (Å²) in [5.41, 5.74) is 5.94. The number of carboxylic acid groups (broad SMARTS) is 1. The standard InChI is InChI=1S/C13H14N4O4/c1-17-11(14)9(6-15-17)12(18)16-10-5-7(21-2)3-4-8(10)13(19)20/h3-6H,14H2,1-2H3,(H,16,18)(H,19,20). The predicted octanol–water partition coefficient (Wildman–Crippen LogP) is 0.961. The van der Waals surface area contributed by atoms with Crippen molar-refractivity contribution >= 4 is 23.4 Å². The van der Waals surface area contributed by atoms with Gasteiger partial charge in [-0.2, -0.15) is 5.10 Å². The van der Waals surface area contributed by atoms with Crippen molar-refractivity contribution < 1.29 is 19.4 Å². The molecule has 0 radical (unpaired) electrons. The van der Waals surface area contributed by atoms with Gasteiger partial charge in [-0.25, -0.2) is 4.79 Å². The minimum absolute atomic E-state index is 0.0494. The number of ether oxygens (including phenoxy) is 1. The van der Waals surface area contributed by atoms with Gasteiger partial charge < -0.3 is 20.9 Å². The van der Waals surface area contributed by atoms with Gasteiger partial charge in [0.25, 0.3) is 5.91 Å². The van der Waals surface area contributed by atoms with Crippen LogP contribution in [0, 0.1) is 0 Å². The van der Waals surface area contributed by atoms with Gasteiger partial charge >= 0.3 is 5.97 Å².